The van der Waals surface area contributed by atoms with Crippen LogP contribution >= 0.6 is 11.6 Å². The van der Waals surface area contributed by atoms with Gasteiger partial charge >= 0.3 is 5.69 Å². The zero-order chi connectivity index (χ0) is 14.8. The van der Waals surface area contributed by atoms with Gasteiger partial charge in [-0.2, -0.15) is 0 Å². The fourth-order valence-corrected chi connectivity index (χ4v) is 4.27. The molecule has 1 aromatic rings. The van der Waals surface area contributed by atoms with Crippen LogP contribution in [0.3, 0.4) is 0 Å². The molecule has 21 heavy (non-hydrogen) atoms. The Morgan fingerprint density at radius 3 is 2.10 bits per heavy atom. The Balaban J connectivity index is 2.05. The molecule has 0 saturated heterocycles. The minimum atomic E-state index is -0.335. The summed E-state index contributed by atoms with van der Waals surface area (Å²) in [5.41, 5.74) is 0.180. The number of H-pyrrole nitrogens is 1. The highest BCUT2D eigenvalue weighted by Gasteiger charge is 2.27. The molecule has 0 bridgehead atoms. The van der Waals surface area contributed by atoms with Crippen LogP contribution in [0.1, 0.15) is 81.7 Å². The molecule has 2 aliphatic carbocycles. The summed E-state index contributed by atoms with van der Waals surface area (Å²) in [5.74, 6) is 0.221. The zero-order valence-corrected chi connectivity index (χ0v) is 13.1. The van der Waals surface area contributed by atoms with Gasteiger partial charge in [-0.1, -0.05) is 50.1 Å². The van der Waals surface area contributed by atoms with Crippen molar-refractivity contribution in [3.05, 3.63) is 31.6 Å². The first-order valence-electron chi connectivity index (χ1n) is 8.22. The SMILES string of the molecule is O=c1[nH]c(Cl)c(C2CCCC2)c(=O)n1C1CCCCCC1. The average Bonchev–Trinajstić information content (AvgIpc) is 2.82. The van der Waals surface area contributed by atoms with Crippen molar-refractivity contribution in [2.75, 3.05) is 0 Å². The Labute approximate surface area is 129 Å². The number of hydrogen-bond acceptors (Lipinski definition) is 2. The summed E-state index contributed by atoms with van der Waals surface area (Å²) in [5, 5.41) is 0.266. The lowest BCUT2D eigenvalue weighted by molar-refractivity contribution is 0.411. The van der Waals surface area contributed by atoms with E-state index in [4.69, 9.17) is 11.6 Å². The molecule has 116 valence electrons. The summed E-state index contributed by atoms with van der Waals surface area (Å²) in [4.78, 5) is 27.8. The van der Waals surface area contributed by atoms with Crippen molar-refractivity contribution in [3.8, 4) is 0 Å². The lowest BCUT2D eigenvalue weighted by Crippen LogP contribution is -2.40. The van der Waals surface area contributed by atoms with Gasteiger partial charge in [0, 0.05) is 6.04 Å². The second-order valence-corrected chi connectivity index (χ2v) is 6.84. The Morgan fingerprint density at radius 1 is 0.905 bits per heavy atom. The summed E-state index contributed by atoms with van der Waals surface area (Å²) in [7, 11) is 0. The summed E-state index contributed by atoms with van der Waals surface area (Å²) in [6.45, 7) is 0. The third kappa shape index (κ3) is 2.96. The van der Waals surface area contributed by atoms with Gasteiger partial charge in [-0.05, 0) is 31.6 Å². The lowest BCUT2D eigenvalue weighted by atomic mass is 10.00. The average molecular weight is 311 g/mol. The molecule has 3 rings (SSSR count). The number of hydrogen-bond donors (Lipinski definition) is 1. The van der Waals surface area contributed by atoms with Crippen LogP contribution in [0, 0.1) is 0 Å². The van der Waals surface area contributed by atoms with Crippen LogP contribution in [0.25, 0.3) is 0 Å². The van der Waals surface area contributed by atoms with Crippen LogP contribution in [0.2, 0.25) is 5.15 Å². The molecule has 2 fully saturated rings. The van der Waals surface area contributed by atoms with E-state index in [1.807, 2.05) is 0 Å². The molecule has 1 heterocycles. The van der Waals surface area contributed by atoms with E-state index in [-0.39, 0.29) is 28.4 Å². The quantitative estimate of drug-likeness (QED) is 0.668. The van der Waals surface area contributed by atoms with Gasteiger partial charge in [-0.3, -0.25) is 14.3 Å². The maximum absolute atomic E-state index is 12.9. The smallest absolute Gasteiger partial charge is 0.297 e. The van der Waals surface area contributed by atoms with Gasteiger partial charge < -0.3 is 0 Å². The second-order valence-electron chi connectivity index (χ2n) is 6.46. The van der Waals surface area contributed by atoms with Gasteiger partial charge in [0.15, 0.2) is 0 Å². The fraction of sp³-hybridized carbons (Fsp3) is 0.750. The van der Waals surface area contributed by atoms with E-state index in [0.717, 1.165) is 51.4 Å². The molecule has 0 unspecified atom stereocenters. The number of rotatable bonds is 2. The van der Waals surface area contributed by atoms with Gasteiger partial charge in [-0.15, -0.1) is 0 Å². The number of aromatic nitrogens is 2. The van der Waals surface area contributed by atoms with Crippen molar-refractivity contribution in [2.24, 2.45) is 0 Å². The summed E-state index contributed by atoms with van der Waals surface area (Å²) >= 11 is 6.19. The molecular weight excluding hydrogens is 288 g/mol. The van der Waals surface area contributed by atoms with Gasteiger partial charge in [0.1, 0.15) is 5.15 Å². The predicted octanol–water partition coefficient (Wildman–Crippen LogP) is 3.74. The van der Waals surface area contributed by atoms with E-state index in [2.05, 4.69) is 4.98 Å². The minimum Gasteiger partial charge on any atom is -0.297 e. The van der Waals surface area contributed by atoms with E-state index < -0.39 is 0 Å². The molecule has 5 heteroatoms. The highest BCUT2D eigenvalue weighted by molar-refractivity contribution is 6.30. The van der Waals surface area contributed by atoms with Crippen LogP contribution in [0.15, 0.2) is 9.59 Å². The largest absolute Gasteiger partial charge is 0.329 e. The van der Waals surface area contributed by atoms with Crippen molar-refractivity contribution in [3.63, 3.8) is 0 Å². The standard InChI is InChI=1S/C16H23ClN2O2/c17-14-13(11-7-5-6-8-11)15(20)19(16(21)18-14)12-9-3-1-2-4-10-12/h11-12H,1-10H2,(H,18,21). The van der Waals surface area contributed by atoms with Crippen molar-refractivity contribution in [1.29, 1.82) is 0 Å². The van der Waals surface area contributed by atoms with E-state index in [9.17, 15) is 9.59 Å². The van der Waals surface area contributed by atoms with Crippen molar-refractivity contribution >= 4 is 11.6 Å². The molecule has 0 radical (unpaired) electrons. The molecule has 1 aromatic heterocycles. The first-order valence-corrected chi connectivity index (χ1v) is 8.60. The van der Waals surface area contributed by atoms with E-state index in [1.165, 1.54) is 17.4 Å². The Bertz CT molecular complexity index is 606. The van der Waals surface area contributed by atoms with Crippen molar-refractivity contribution < 1.29 is 0 Å². The topological polar surface area (TPSA) is 54.9 Å². The minimum absolute atomic E-state index is 0.0427. The van der Waals surface area contributed by atoms with Crippen LogP contribution in [0.5, 0.6) is 0 Å². The Morgan fingerprint density at radius 2 is 1.48 bits per heavy atom. The summed E-state index contributed by atoms with van der Waals surface area (Å²) in [6, 6.07) is 0.0427. The third-order valence-electron chi connectivity index (χ3n) is 5.07. The first-order chi connectivity index (χ1) is 10.2. The Kier molecular flexibility index (Phi) is 4.53. The zero-order valence-electron chi connectivity index (χ0n) is 12.4. The molecule has 0 aliphatic heterocycles. The van der Waals surface area contributed by atoms with Crippen molar-refractivity contribution in [1.82, 2.24) is 9.55 Å². The maximum Gasteiger partial charge on any atom is 0.329 e. The molecule has 0 atom stereocenters. The number of nitrogens with zero attached hydrogens (tertiary/aromatic N) is 1. The number of nitrogens with one attached hydrogen (secondary N) is 1. The van der Waals surface area contributed by atoms with E-state index in [1.54, 1.807) is 0 Å². The molecule has 0 aromatic carbocycles. The van der Waals surface area contributed by atoms with E-state index >= 15 is 0 Å². The van der Waals surface area contributed by atoms with Crippen LogP contribution < -0.4 is 11.2 Å². The summed E-state index contributed by atoms with van der Waals surface area (Å²) < 4.78 is 1.46. The Hall–Kier alpha value is -1.03. The molecular formula is C16H23ClN2O2. The lowest BCUT2D eigenvalue weighted by Gasteiger charge is -2.19. The molecule has 0 spiro atoms. The monoisotopic (exact) mass is 310 g/mol. The molecule has 4 nitrogen and oxygen atoms in total. The van der Waals surface area contributed by atoms with Gasteiger partial charge in [0.2, 0.25) is 0 Å². The van der Waals surface area contributed by atoms with E-state index in [0.29, 0.717) is 5.56 Å². The molecule has 1 N–H and O–H groups in total. The van der Waals surface area contributed by atoms with Crippen LogP contribution in [-0.2, 0) is 0 Å². The predicted molar refractivity (Wildman–Crippen MR) is 84.3 cm³/mol. The van der Waals surface area contributed by atoms with Gasteiger partial charge in [-0.25, -0.2) is 4.79 Å². The van der Waals surface area contributed by atoms with Gasteiger partial charge in [0.05, 0.1) is 5.56 Å². The molecule has 2 aliphatic rings. The highest BCUT2D eigenvalue weighted by atomic mass is 35.5. The maximum atomic E-state index is 12.9. The third-order valence-corrected chi connectivity index (χ3v) is 5.37. The molecule has 0 amide bonds. The van der Waals surface area contributed by atoms with Crippen LogP contribution in [0.4, 0.5) is 0 Å². The first kappa shape index (κ1) is 14.9. The highest BCUT2D eigenvalue weighted by Crippen LogP contribution is 2.35. The van der Waals surface area contributed by atoms with Crippen molar-refractivity contribution in [2.45, 2.75) is 76.2 Å². The molecule has 2 saturated carbocycles. The van der Waals surface area contributed by atoms with Crippen LogP contribution in [-0.4, -0.2) is 9.55 Å². The number of halogens is 1. The normalized spacial score (nSPS) is 21.6. The second kappa shape index (κ2) is 6.39. The summed E-state index contributed by atoms with van der Waals surface area (Å²) in [6.07, 6.45) is 10.7. The number of aromatic amines is 1. The fourth-order valence-electron chi connectivity index (χ4n) is 3.95. The van der Waals surface area contributed by atoms with Gasteiger partial charge in [0.25, 0.3) is 5.56 Å².